The maximum Gasteiger partial charge on any atom is 0.407 e. The molecule has 11 nitrogen and oxygen atoms in total. The molecule has 276 valence electrons. The van der Waals surface area contributed by atoms with Crippen molar-refractivity contribution in [3.05, 3.63) is 125 Å². The van der Waals surface area contributed by atoms with E-state index in [9.17, 15) is 24.0 Å². The third-order valence-electron chi connectivity index (χ3n) is 9.36. The first-order chi connectivity index (χ1) is 25.5. The number of likely N-dealkylation sites (N-methyl/N-ethyl adjacent to an activating group) is 1. The van der Waals surface area contributed by atoms with E-state index in [4.69, 9.17) is 9.47 Å². The minimum Gasteiger partial charge on any atom is -0.467 e. The van der Waals surface area contributed by atoms with Gasteiger partial charge in [-0.25, -0.2) is 9.59 Å². The zero-order chi connectivity index (χ0) is 38.1. The van der Waals surface area contributed by atoms with Gasteiger partial charge in [-0.15, -0.1) is 0 Å². The number of alkyl carbamates (subject to hydrolysis) is 1. The second kappa shape index (κ2) is 17.5. The number of fused-ring (bicyclic) bond motifs is 3. The summed E-state index contributed by atoms with van der Waals surface area (Å²) in [4.78, 5) is 68.1. The fourth-order valence-electron chi connectivity index (χ4n) is 6.63. The highest BCUT2D eigenvalue weighted by atomic mass is 16.5. The number of amides is 4. The lowest BCUT2D eigenvalue weighted by molar-refractivity contribution is -0.142. The van der Waals surface area contributed by atoms with Crippen LogP contribution in [0.5, 0.6) is 0 Å². The molecule has 5 rings (SSSR count). The van der Waals surface area contributed by atoms with Gasteiger partial charge in [-0.2, -0.15) is 0 Å². The second-order valence-electron chi connectivity index (χ2n) is 13.6. The van der Waals surface area contributed by atoms with Crippen molar-refractivity contribution in [1.82, 2.24) is 15.5 Å². The summed E-state index contributed by atoms with van der Waals surface area (Å²) in [6.45, 7) is 5.46. The Morgan fingerprint density at radius 1 is 0.755 bits per heavy atom. The lowest BCUT2D eigenvalue weighted by Crippen LogP contribution is -2.54. The summed E-state index contributed by atoms with van der Waals surface area (Å²) in [5.41, 5.74) is 5.47. The molecule has 11 heteroatoms. The van der Waals surface area contributed by atoms with Gasteiger partial charge in [0.25, 0.3) is 5.91 Å². The molecule has 3 atom stereocenters. The van der Waals surface area contributed by atoms with Crippen molar-refractivity contribution in [2.45, 2.75) is 57.7 Å². The Kier molecular flexibility index (Phi) is 12.6. The van der Waals surface area contributed by atoms with Gasteiger partial charge in [0, 0.05) is 19.4 Å². The molecule has 0 saturated carbocycles. The first-order valence-corrected chi connectivity index (χ1v) is 17.7. The molecule has 0 unspecified atom stereocenters. The van der Waals surface area contributed by atoms with Crippen LogP contribution in [0.2, 0.25) is 0 Å². The molecule has 0 aromatic heterocycles. The molecular weight excluding hydrogens is 672 g/mol. The van der Waals surface area contributed by atoms with Crippen molar-refractivity contribution in [3.63, 3.8) is 0 Å². The molecule has 1 aliphatic carbocycles. The van der Waals surface area contributed by atoms with E-state index in [1.165, 1.54) is 32.0 Å². The van der Waals surface area contributed by atoms with E-state index in [-0.39, 0.29) is 36.1 Å². The average molecular weight is 719 g/mol. The van der Waals surface area contributed by atoms with Crippen LogP contribution in [-0.4, -0.2) is 73.6 Å². The molecule has 4 aromatic rings. The molecule has 0 bridgehead atoms. The standard InChI is InChI=1S/C42H46N4O7/c1-26(2)23-36(45-42(51)53-25-34-31-19-11-9-17-29(31)30-18-10-12-20-32(30)34)40(49)46(4)37(24-28-15-7-6-8-16-28)39(48)44-35-22-14-13-21-33(35)38(47)43-27(3)41(50)52-5/h6-22,26-27,34,36-37H,23-25H2,1-5H3,(H,43,47)(H,44,48)(H,45,51)/t27-,36-,37-/m0/s1. The average Bonchev–Trinajstić information content (AvgIpc) is 3.48. The van der Waals surface area contributed by atoms with Crippen LogP contribution in [-0.2, 0) is 30.3 Å². The summed E-state index contributed by atoms with van der Waals surface area (Å²) in [6.07, 6.45) is -0.277. The SMILES string of the molecule is COC(=O)[C@H](C)NC(=O)c1ccccc1NC(=O)[C@H](Cc1ccccc1)N(C)C(=O)[C@H](CC(C)C)NC(=O)OCC1c2ccccc2-c2ccccc21. The maximum absolute atomic E-state index is 14.2. The number of ether oxygens (including phenoxy) is 2. The molecular formula is C42H46N4O7. The van der Waals surface area contributed by atoms with Gasteiger partial charge in [-0.1, -0.05) is 105 Å². The summed E-state index contributed by atoms with van der Waals surface area (Å²) >= 11 is 0. The number of methoxy groups -OCH3 is 1. The number of anilines is 1. The Bertz CT molecular complexity index is 1900. The number of rotatable bonds is 14. The predicted molar refractivity (Wildman–Crippen MR) is 202 cm³/mol. The van der Waals surface area contributed by atoms with Gasteiger partial charge in [0.2, 0.25) is 11.8 Å². The molecule has 0 fully saturated rings. The summed E-state index contributed by atoms with van der Waals surface area (Å²) in [6, 6.07) is 28.8. The molecule has 0 radical (unpaired) electrons. The van der Waals surface area contributed by atoms with Gasteiger partial charge in [0.1, 0.15) is 24.7 Å². The number of hydrogen-bond donors (Lipinski definition) is 3. The predicted octanol–water partition coefficient (Wildman–Crippen LogP) is 5.94. The van der Waals surface area contributed by atoms with Crippen LogP contribution >= 0.6 is 0 Å². The Hall–Kier alpha value is -5.97. The summed E-state index contributed by atoms with van der Waals surface area (Å²) in [5.74, 6) is -2.36. The lowest BCUT2D eigenvalue weighted by atomic mass is 9.98. The zero-order valence-corrected chi connectivity index (χ0v) is 30.6. The molecule has 0 saturated heterocycles. The largest absolute Gasteiger partial charge is 0.467 e. The molecule has 0 aliphatic heterocycles. The van der Waals surface area contributed by atoms with Gasteiger partial charge >= 0.3 is 12.1 Å². The van der Waals surface area contributed by atoms with Gasteiger partial charge in [0.05, 0.1) is 18.4 Å². The minimum atomic E-state index is -1.03. The minimum absolute atomic E-state index is 0.0189. The maximum atomic E-state index is 14.2. The lowest BCUT2D eigenvalue weighted by Gasteiger charge is -2.31. The fourth-order valence-corrected chi connectivity index (χ4v) is 6.63. The number of para-hydroxylation sites is 1. The Morgan fingerprint density at radius 2 is 1.34 bits per heavy atom. The zero-order valence-electron chi connectivity index (χ0n) is 30.6. The summed E-state index contributed by atoms with van der Waals surface area (Å²) in [5, 5.41) is 8.20. The van der Waals surface area contributed by atoms with Crippen LogP contribution in [0, 0.1) is 5.92 Å². The van der Waals surface area contributed by atoms with Crippen molar-refractivity contribution < 1.29 is 33.4 Å². The van der Waals surface area contributed by atoms with Crippen LogP contribution in [0.15, 0.2) is 103 Å². The van der Waals surface area contributed by atoms with E-state index >= 15 is 0 Å². The number of benzene rings is 4. The Balaban J connectivity index is 1.33. The third kappa shape index (κ3) is 9.29. The van der Waals surface area contributed by atoms with E-state index in [1.807, 2.05) is 80.6 Å². The quantitative estimate of drug-likeness (QED) is 0.137. The van der Waals surface area contributed by atoms with E-state index in [0.29, 0.717) is 6.42 Å². The van der Waals surface area contributed by atoms with Gasteiger partial charge in [0.15, 0.2) is 0 Å². The van der Waals surface area contributed by atoms with Gasteiger partial charge in [-0.3, -0.25) is 14.4 Å². The monoisotopic (exact) mass is 718 g/mol. The number of carbonyl (C=O) groups excluding carboxylic acids is 5. The van der Waals surface area contributed by atoms with Crippen molar-refractivity contribution in [2.75, 3.05) is 26.1 Å². The first kappa shape index (κ1) is 38.3. The normalized spacial score (nSPS) is 13.5. The van der Waals surface area contributed by atoms with Crippen LogP contribution in [0.3, 0.4) is 0 Å². The van der Waals surface area contributed by atoms with Gasteiger partial charge in [-0.05, 0) is 59.2 Å². The highest BCUT2D eigenvalue weighted by Gasteiger charge is 2.35. The highest BCUT2D eigenvalue weighted by molar-refractivity contribution is 6.06. The molecule has 3 N–H and O–H groups in total. The highest BCUT2D eigenvalue weighted by Crippen LogP contribution is 2.44. The molecule has 0 spiro atoms. The topological polar surface area (TPSA) is 143 Å². The van der Waals surface area contributed by atoms with Crippen LogP contribution in [0.25, 0.3) is 11.1 Å². The van der Waals surface area contributed by atoms with Crippen LogP contribution in [0.4, 0.5) is 10.5 Å². The van der Waals surface area contributed by atoms with Crippen LogP contribution < -0.4 is 16.0 Å². The summed E-state index contributed by atoms with van der Waals surface area (Å²) < 4.78 is 10.5. The number of nitrogens with one attached hydrogen (secondary N) is 3. The molecule has 1 aliphatic rings. The van der Waals surface area contributed by atoms with E-state index < -0.39 is 47.9 Å². The number of esters is 1. The third-order valence-corrected chi connectivity index (χ3v) is 9.36. The molecule has 4 aromatic carbocycles. The Labute approximate surface area is 310 Å². The molecule has 4 amide bonds. The van der Waals surface area contributed by atoms with Gasteiger partial charge < -0.3 is 30.3 Å². The Morgan fingerprint density at radius 3 is 1.96 bits per heavy atom. The van der Waals surface area contributed by atoms with E-state index in [0.717, 1.165) is 27.8 Å². The van der Waals surface area contributed by atoms with E-state index in [2.05, 4.69) is 28.1 Å². The smallest absolute Gasteiger partial charge is 0.407 e. The van der Waals surface area contributed by atoms with Crippen molar-refractivity contribution in [3.8, 4) is 11.1 Å². The molecule has 0 heterocycles. The first-order valence-electron chi connectivity index (χ1n) is 17.7. The number of nitrogens with zero attached hydrogens (tertiary/aromatic N) is 1. The number of carbonyl (C=O) groups is 5. The second-order valence-corrected chi connectivity index (χ2v) is 13.6. The van der Waals surface area contributed by atoms with E-state index in [1.54, 1.807) is 18.2 Å². The molecule has 53 heavy (non-hydrogen) atoms. The van der Waals surface area contributed by atoms with Crippen molar-refractivity contribution in [2.24, 2.45) is 5.92 Å². The van der Waals surface area contributed by atoms with Crippen molar-refractivity contribution in [1.29, 1.82) is 0 Å². The summed E-state index contributed by atoms with van der Waals surface area (Å²) in [7, 11) is 2.75. The fraction of sp³-hybridized carbons (Fsp3) is 0.310. The van der Waals surface area contributed by atoms with Crippen LogP contribution in [0.1, 0.15) is 60.2 Å². The number of hydrogen-bond acceptors (Lipinski definition) is 7. The van der Waals surface area contributed by atoms with Crippen molar-refractivity contribution >= 4 is 35.5 Å².